The SMILES string of the molecule is Cl.Cl.Cl.P.[Cl-].[Cl-].[Mg+2]. The summed E-state index contributed by atoms with van der Waals surface area (Å²) in [6.07, 6.45) is 0. The topological polar surface area (TPSA) is 0 Å². The molecule has 0 aliphatic rings. The van der Waals surface area contributed by atoms with Gasteiger partial charge in [-0.3, -0.25) is 0 Å². The van der Waals surface area contributed by atoms with Crippen LogP contribution >= 0.6 is 47.1 Å². The molecule has 0 nitrogen and oxygen atoms in total. The molecule has 0 radical (unpaired) electrons. The summed E-state index contributed by atoms with van der Waals surface area (Å²) >= 11 is 0. The third kappa shape index (κ3) is 54.5. The molecule has 0 saturated carbocycles. The second-order valence-electron chi connectivity index (χ2n) is 0. The van der Waals surface area contributed by atoms with Crippen molar-refractivity contribution < 1.29 is 24.8 Å². The summed E-state index contributed by atoms with van der Waals surface area (Å²) in [6, 6.07) is 0. The first-order valence-electron chi connectivity index (χ1n) is 0. The predicted octanol–water partition coefficient (Wildman–Crippen LogP) is -5.05. The first-order chi connectivity index (χ1) is 0. The van der Waals surface area contributed by atoms with Gasteiger partial charge in [0.25, 0.3) is 0 Å². The Morgan fingerprint density at radius 1 is 0.571 bits per heavy atom. The molecule has 0 amide bonds. The van der Waals surface area contributed by atoms with Crippen LogP contribution in [0.1, 0.15) is 0 Å². The van der Waals surface area contributed by atoms with Crippen LogP contribution in [-0.2, 0) is 0 Å². The molecule has 0 saturated heterocycles. The molecule has 0 aromatic rings. The van der Waals surface area contributed by atoms with Gasteiger partial charge in [0.05, 0.1) is 0 Å². The fourth-order valence-electron chi connectivity index (χ4n) is 0. The van der Waals surface area contributed by atoms with E-state index in [1.807, 2.05) is 0 Å². The number of hydrogen-bond donors (Lipinski definition) is 0. The van der Waals surface area contributed by atoms with Crippen molar-refractivity contribution in [1.29, 1.82) is 0 Å². The molecule has 0 N–H and O–H groups in total. The fraction of sp³-hybridized carbons (Fsp3) is 0. The first-order valence-corrected chi connectivity index (χ1v) is 0. The van der Waals surface area contributed by atoms with E-state index in [1.165, 1.54) is 0 Å². The third-order valence-corrected chi connectivity index (χ3v) is 0. The van der Waals surface area contributed by atoms with E-state index in [2.05, 4.69) is 0 Å². The average Bonchev–Trinajstić information content (AvgIpc) is 0. The number of halogens is 5. The van der Waals surface area contributed by atoms with Crippen molar-refractivity contribution >= 4 is 70.2 Å². The Morgan fingerprint density at radius 2 is 0.571 bits per heavy atom. The van der Waals surface area contributed by atoms with Crippen LogP contribution in [0.5, 0.6) is 0 Å². The van der Waals surface area contributed by atoms with E-state index in [4.69, 9.17) is 0 Å². The average molecular weight is 239 g/mol. The maximum absolute atomic E-state index is 0. The summed E-state index contributed by atoms with van der Waals surface area (Å²) < 4.78 is 0. The maximum Gasteiger partial charge on any atom is 2.00 e. The van der Waals surface area contributed by atoms with Gasteiger partial charge in [0.2, 0.25) is 0 Å². The molecular formula is H6Cl5MgP. The van der Waals surface area contributed by atoms with E-state index in [1.54, 1.807) is 0 Å². The predicted molar refractivity (Wildman–Crippen MR) is 38.6 cm³/mol. The van der Waals surface area contributed by atoms with E-state index in [0.717, 1.165) is 0 Å². The molecule has 0 aromatic carbocycles. The maximum atomic E-state index is 0. The fourth-order valence-corrected chi connectivity index (χ4v) is 0. The zero-order valence-electron chi connectivity index (χ0n) is 3.39. The summed E-state index contributed by atoms with van der Waals surface area (Å²) in [5, 5.41) is 0. The molecule has 7 heteroatoms. The van der Waals surface area contributed by atoms with Gasteiger partial charge in [0.1, 0.15) is 0 Å². The molecule has 0 aromatic heterocycles. The molecule has 1 unspecified atom stereocenters. The summed E-state index contributed by atoms with van der Waals surface area (Å²) in [5.74, 6) is 0. The van der Waals surface area contributed by atoms with Crippen LogP contribution in [0.2, 0.25) is 0 Å². The van der Waals surface area contributed by atoms with Crippen LogP contribution in [0.25, 0.3) is 0 Å². The summed E-state index contributed by atoms with van der Waals surface area (Å²) in [4.78, 5) is 0. The van der Waals surface area contributed by atoms with Crippen molar-refractivity contribution in [2.75, 3.05) is 0 Å². The van der Waals surface area contributed by atoms with Crippen molar-refractivity contribution in [3.8, 4) is 0 Å². The Balaban J connectivity index is 0. The summed E-state index contributed by atoms with van der Waals surface area (Å²) in [5.41, 5.74) is 0. The van der Waals surface area contributed by atoms with E-state index >= 15 is 0 Å². The van der Waals surface area contributed by atoms with Gasteiger partial charge in [0, 0.05) is 0 Å². The summed E-state index contributed by atoms with van der Waals surface area (Å²) in [7, 11) is 0. The molecule has 0 fully saturated rings. The Labute approximate surface area is 94.2 Å². The van der Waals surface area contributed by atoms with Gasteiger partial charge in [-0.1, -0.05) is 0 Å². The molecule has 0 aliphatic carbocycles. The van der Waals surface area contributed by atoms with Gasteiger partial charge in [-0.25, -0.2) is 0 Å². The minimum Gasteiger partial charge on any atom is -1.00 e. The monoisotopic (exact) mass is 236 g/mol. The molecular weight excluding hydrogens is 233 g/mol. The van der Waals surface area contributed by atoms with Gasteiger partial charge >= 0.3 is 23.1 Å². The van der Waals surface area contributed by atoms with E-state index in [0.29, 0.717) is 0 Å². The molecule has 7 heavy (non-hydrogen) atoms. The van der Waals surface area contributed by atoms with Crippen molar-refractivity contribution in [2.24, 2.45) is 0 Å². The Kier molecular flexibility index (Phi) is 1060. The van der Waals surface area contributed by atoms with Crippen molar-refractivity contribution in [2.45, 2.75) is 0 Å². The van der Waals surface area contributed by atoms with Crippen LogP contribution in [0.4, 0.5) is 0 Å². The van der Waals surface area contributed by atoms with Gasteiger partial charge in [-0.2, -0.15) is 9.90 Å². The van der Waals surface area contributed by atoms with E-state index in [9.17, 15) is 0 Å². The number of hydrogen-bond acceptors (Lipinski definition) is 0. The van der Waals surface area contributed by atoms with Crippen molar-refractivity contribution in [1.82, 2.24) is 0 Å². The van der Waals surface area contributed by atoms with Crippen molar-refractivity contribution in [3.63, 3.8) is 0 Å². The molecule has 0 aliphatic heterocycles. The third-order valence-electron chi connectivity index (χ3n) is 0. The summed E-state index contributed by atoms with van der Waals surface area (Å²) in [6.45, 7) is 0. The van der Waals surface area contributed by atoms with Gasteiger partial charge in [-0.05, 0) is 0 Å². The van der Waals surface area contributed by atoms with Crippen LogP contribution in [0.15, 0.2) is 0 Å². The van der Waals surface area contributed by atoms with Gasteiger partial charge in [-0.15, -0.1) is 37.2 Å². The minimum absolute atomic E-state index is 0. The Hall–Kier alpha value is 2.65. The van der Waals surface area contributed by atoms with E-state index in [-0.39, 0.29) is 95.0 Å². The minimum atomic E-state index is 0. The molecule has 1 atom stereocenters. The van der Waals surface area contributed by atoms with Crippen LogP contribution in [0, 0.1) is 0 Å². The van der Waals surface area contributed by atoms with Crippen LogP contribution in [0.3, 0.4) is 0 Å². The second kappa shape index (κ2) is 72.2. The number of rotatable bonds is 0. The molecule has 0 spiro atoms. The smallest absolute Gasteiger partial charge is 1.00 e. The zero-order valence-corrected chi connectivity index (χ0v) is 10.2. The second-order valence-corrected chi connectivity index (χ2v) is 0. The Bertz CT molecular complexity index is 8.04. The van der Waals surface area contributed by atoms with Crippen LogP contribution < -0.4 is 24.8 Å². The standard InChI is InChI=1S/5ClH.Mg.H3P/h5*1H;;1H3/q;;;;;+2;/p-2. The normalized spacial score (nSPS) is 0. The molecule has 0 bridgehead atoms. The molecule has 0 heterocycles. The van der Waals surface area contributed by atoms with Crippen molar-refractivity contribution in [3.05, 3.63) is 0 Å². The quantitative estimate of drug-likeness (QED) is 0.293. The first kappa shape index (κ1) is 103. The largest absolute Gasteiger partial charge is 2.00 e. The van der Waals surface area contributed by atoms with Gasteiger partial charge < -0.3 is 24.8 Å². The van der Waals surface area contributed by atoms with Crippen LogP contribution in [-0.4, -0.2) is 23.1 Å². The Morgan fingerprint density at radius 3 is 0.571 bits per heavy atom. The molecule has 0 rings (SSSR count). The van der Waals surface area contributed by atoms with Gasteiger partial charge in [0.15, 0.2) is 0 Å². The van der Waals surface area contributed by atoms with E-state index < -0.39 is 0 Å². The molecule has 48 valence electrons. The zero-order chi connectivity index (χ0) is 0.